The van der Waals surface area contributed by atoms with E-state index in [2.05, 4.69) is 19.9 Å². The van der Waals surface area contributed by atoms with E-state index in [0.717, 1.165) is 35.2 Å². The first-order valence-corrected chi connectivity index (χ1v) is 9.67. The molecule has 1 aliphatic rings. The fourth-order valence-corrected chi connectivity index (χ4v) is 4.04. The average molecular weight is 379 g/mol. The van der Waals surface area contributed by atoms with E-state index in [1.165, 1.54) is 5.56 Å². The van der Waals surface area contributed by atoms with Crippen molar-refractivity contribution in [2.24, 2.45) is 5.73 Å². The number of hydrogen-bond acceptors (Lipinski definition) is 4. The third-order valence-corrected chi connectivity index (χ3v) is 5.59. The zero-order chi connectivity index (χ0) is 20.0. The topological polar surface area (TPSA) is 78.8 Å². The van der Waals surface area contributed by atoms with Crippen LogP contribution in [0.2, 0.25) is 0 Å². The van der Waals surface area contributed by atoms with Gasteiger partial charge in [0.25, 0.3) is 5.91 Å². The maximum atomic E-state index is 12.5. The molecule has 0 saturated heterocycles. The van der Waals surface area contributed by atoms with E-state index in [1.807, 2.05) is 36.6 Å². The molecular formula is C22H25N3O3. The van der Waals surface area contributed by atoms with Gasteiger partial charge in [-0.1, -0.05) is 19.9 Å². The van der Waals surface area contributed by atoms with Crippen LogP contribution in [0.5, 0.6) is 11.5 Å². The number of nitrogens with zero attached hydrogens (tertiary/aromatic N) is 2. The molecule has 0 bridgehead atoms. The molecule has 6 heteroatoms. The predicted molar refractivity (Wildman–Crippen MR) is 108 cm³/mol. The van der Waals surface area contributed by atoms with Gasteiger partial charge in [-0.2, -0.15) is 0 Å². The van der Waals surface area contributed by atoms with Gasteiger partial charge in [0.1, 0.15) is 17.0 Å². The molecule has 1 aromatic carbocycles. The number of hydrogen-bond donors (Lipinski definition) is 1. The molecule has 28 heavy (non-hydrogen) atoms. The van der Waals surface area contributed by atoms with Gasteiger partial charge in [0.15, 0.2) is 11.5 Å². The summed E-state index contributed by atoms with van der Waals surface area (Å²) in [6, 6.07) is 5.96. The molecule has 0 aliphatic carbocycles. The van der Waals surface area contributed by atoms with Crippen LogP contribution in [0.25, 0.3) is 16.9 Å². The summed E-state index contributed by atoms with van der Waals surface area (Å²) in [5.74, 6) is 1.29. The van der Waals surface area contributed by atoms with Gasteiger partial charge >= 0.3 is 0 Å². The summed E-state index contributed by atoms with van der Waals surface area (Å²) in [5, 5.41) is 0. The van der Waals surface area contributed by atoms with Crippen molar-refractivity contribution < 1.29 is 14.3 Å². The summed E-state index contributed by atoms with van der Waals surface area (Å²) in [6.07, 6.45) is 4.09. The van der Waals surface area contributed by atoms with Crippen LogP contribution in [0, 0.1) is 13.8 Å². The molecular weight excluding hydrogens is 354 g/mol. The van der Waals surface area contributed by atoms with Gasteiger partial charge in [0.05, 0.1) is 0 Å². The van der Waals surface area contributed by atoms with E-state index in [0.29, 0.717) is 28.8 Å². The first kappa shape index (κ1) is 18.3. The maximum Gasteiger partial charge on any atom is 0.268 e. The summed E-state index contributed by atoms with van der Waals surface area (Å²) >= 11 is 0. The Morgan fingerprint density at radius 3 is 2.46 bits per heavy atom. The van der Waals surface area contributed by atoms with Crippen molar-refractivity contribution in [1.82, 2.24) is 9.38 Å². The second-order valence-corrected chi connectivity index (χ2v) is 7.36. The lowest BCUT2D eigenvalue weighted by atomic mass is 9.94. The molecule has 4 rings (SSSR count). The Labute approximate surface area is 164 Å². The van der Waals surface area contributed by atoms with E-state index >= 15 is 0 Å². The van der Waals surface area contributed by atoms with Crippen LogP contribution in [-0.4, -0.2) is 22.1 Å². The van der Waals surface area contributed by atoms with E-state index in [9.17, 15) is 4.79 Å². The van der Waals surface area contributed by atoms with E-state index in [4.69, 9.17) is 20.2 Å². The maximum absolute atomic E-state index is 12.5. The molecule has 0 atom stereocenters. The van der Waals surface area contributed by atoms with Gasteiger partial charge in [-0.3, -0.25) is 9.20 Å². The normalized spacial score (nSPS) is 12.9. The van der Waals surface area contributed by atoms with Gasteiger partial charge in [-0.25, -0.2) is 4.98 Å². The van der Waals surface area contributed by atoms with Crippen molar-refractivity contribution in [2.45, 2.75) is 46.5 Å². The molecule has 1 amide bonds. The number of benzene rings is 1. The number of aryl methyl sites for hydroxylation is 2. The number of rotatable bonds is 5. The third kappa shape index (κ3) is 2.80. The number of aromatic nitrogens is 2. The Morgan fingerprint density at radius 1 is 1.14 bits per heavy atom. The Bertz CT molecular complexity index is 1080. The van der Waals surface area contributed by atoms with Crippen molar-refractivity contribution in [3.8, 4) is 22.8 Å². The molecule has 1 aliphatic heterocycles. The highest BCUT2D eigenvalue weighted by Crippen LogP contribution is 2.39. The highest BCUT2D eigenvalue weighted by Gasteiger charge is 2.24. The van der Waals surface area contributed by atoms with Crippen molar-refractivity contribution in [1.29, 1.82) is 0 Å². The number of amides is 1. The van der Waals surface area contributed by atoms with Gasteiger partial charge in [-0.15, -0.1) is 0 Å². The van der Waals surface area contributed by atoms with Gasteiger partial charge < -0.3 is 15.2 Å². The molecule has 0 unspecified atom stereocenters. The number of primary amides is 1. The fourth-order valence-electron chi connectivity index (χ4n) is 4.04. The van der Waals surface area contributed by atoms with Crippen LogP contribution in [0.4, 0.5) is 0 Å². The van der Waals surface area contributed by atoms with Crippen LogP contribution >= 0.6 is 0 Å². The van der Waals surface area contributed by atoms with Crippen LogP contribution in [0.15, 0.2) is 24.4 Å². The minimum absolute atomic E-state index is 0.198. The van der Waals surface area contributed by atoms with Gasteiger partial charge in [-0.05, 0) is 61.4 Å². The molecule has 0 fully saturated rings. The number of pyridine rings is 1. The van der Waals surface area contributed by atoms with Crippen molar-refractivity contribution in [3.05, 3.63) is 46.8 Å². The number of fused-ring (bicyclic) bond motifs is 2. The Balaban J connectivity index is 1.99. The molecule has 3 heterocycles. The van der Waals surface area contributed by atoms with Crippen molar-refractivity contribution in [2.75, 3.05) is 6.79 Å². The lowest BCUT2D eigenvalue weighted by molar-refractivity contribution is 0.0995. The van der Waals surface area contributed by atoms with E-state index in [1.54, 1.807) is 0 Å². The number of nitrogens with two attached hydrogens (primary N) is 1. The van der Waals surface area contributed by atoms with Crippen LogP contribution < -0.4 is 15.2 Å². The molecule has 6 nitrogen and oxygen atoms in total. The third-order valence-electron chi connectivity index (χ3n) is 5.59. The first-order valence-electron chi connectivity index (χ1n) is 9.67. The Kier molecular flexibility index (Phi) is 4.49. The SMILES string of the molecule is CCC(CC)c1cc(C)c2nc(-c3cc4c(cc3C)OCO4)c(C(N)=O)n2c1. The Hall–Kier alpha value is -3.02. The van der Waals surface area contributed by atoms with E-state index < -0.39 is 5.91 Å². The second kappa shape index (κ2) is 6.86. The number of ether oxygens (including phenoxy) is 2. The zero-order valence-corrected chi connectivity index (χ0v) is 16.7. The largest absolute Gasteiger partial charge is 0.454 e. The molecule has 3 aromatic rings. The summed E-state index contributed by atoms with van der Waals surface area (Å²) in [7, 11) is 0. The average Bonchev–Trinajstić information content (AvgIpc) is 3.26. The first-order chi connectivity index (χ1) is 13.4. The Morgan fingerprint density at radius 2 is 1.82 bits per heavy atom. The minimum Gasteiger partial charge on any atom is -0.454 e. The molecule has 0 saturated carbocycles. The van der Waals surface area contributed by atoms with Gasteiger partial charge in [0.2, 0.25) is 6.79 Å². The second-order valence-electron chi connectivity index (χ2n) is 7.36. The van der Waals surface area contributed by atoms with Crippen LogP contribution in [0.3, 0.4) is 0 Å². The van der Waals surface area contributed by atoms with Crippen LogP contribution in [-0.2, 0) is 0 Å². The highest BCUT2D eigenvalue weighted by atomic mass is 16.7. The molecule has 146 valence electrons. The summed E-state index contributed by atoms with van der Waals surface area (Å²) in [5.41, 5.74) is 11.5. The minimum atomic E-state index is -0.499. The lowest BCUT2D eigenvalue weighted by Gasteiger charge is -2.14. The van der Waals surface area contributed by atoms with Gasteiger partial charge in [0, 0.05) is 11.8 Å². The van der Waals surface area contributed by atoms with Crippen molar-refractivity contribution in [3.63, 3.8) is 0 Å². The standard InChI is InChI=1S/C22H25N3O3/c1-5-14(6-2)15-7-13(4)22-24-19(20(21(23)26)25(22)10-15)16-9-18-17(8-12(16)3)27-11-28-18/h7-10,14H,5-6,11H2,1-4H3,(H2,23,26). The number of carbonyl (C=O) groups is 1. The molecule has 2 aromatic heterocycles. The quantitative estimate of drug-likeness (QED) is 0.715. The zero-order valence-electron chi connectivity index (χ0n) is 16.7. The predicted octanol–water partition coefficient (Wildman–Crippen LogP) is 4.35. The van der Waals surface area contributed by atoms with Crippen molar-refractivity contribution >= 4 is 11.6 Å². The number of imidazole rings is 1. The molecule has 2 N–H and O–H groups in total. The molecule has 0 spiro atoms. The summed E-state index contributed by atoms with van der Waals surface area (Å²) in [6.45, 7) is 8.55. The summed E-state index contributed by atoms with van der Waals surface area (Å²) < 4.78 is 12.8. The number of carbonyl (C=O) groups excluding carboxylic acids is 1. The van der Waals surface area contributed by atoms with Crippen LogP contribution in [0.1, 0.15) is 59.8 Å². The fraction of sp³-hybridized carbons (Fsp3) is 0.364. The summed E-state index contributed by atoms with van der Waals surface area (Å²) in [4.78, 5) is 17.3. The monoisotopic (exact) mass is 379 g/mol. The van der Waals surface area contributed by atoms with E-state index in [-0.39, 0.29) is 6.79 Å². The lowest BCUT2D eigenvalue weighted by Crippen LogP contribution is -2.15. The molecule has 0 radical (unpaired) electrons. The smallest absolute Gasteiger partial charge is 0.268 e. The highest BCUT2D eigenvalue weighted by molar-refractivity contribution is 5.99.